The van der Waals surface area contributed by atoms with E-state index in [-0.39, 0.29) is 6.04 Å². The summed E-state index contributed by atoms with van der Waals surface area (Å²) in [6.45, 7) is 2.06. The molecule has 4 heteroatoms. The molecule has 0 fully saturated rings. The fourth-order valence-electron chi connectivity index (χ4n) is 2.05. The predicted octanol–water partition coefficient (Wildman–Crippen LogP) is 4.28. The average molecular weight is 279 g/mol. The summed E-state index contributed by atoms with van der Waals surface area (Å²) in [5.74, 6) is 0. The Morgan fingerprint density at radius 3 is 2.75 bits per heavy atom. The van der Waals surface area contributed by atoms with Crippen LogP contribution in [-0.4, -0.2) is 4.98 Å². The minimum atomic E-state index is -0.377. The minimum Gasteiger partial charge on any atom is -0.342 e. The largest absolute Gasteiger partial charge is 0.342 e. The van der Waals surface area contributed by atoms with E-state index in [2.05, 4.69) is 29.4 Å². The second kappa shape index (κ2) is 5.32. The molecular weight excluding hydrogens is 266 g/mol. The van der Waals surface area contributed by atoms with Gasteiger partial charge in [0.05, 0.1) is 16.3 Å². The van der Waals surface area contributed by atoms with Crippen LogP contribution in [0.5, 0.6) is 0 Å². The highest BCUT2D eigenvalue weighted by atomic mass is 32.1. The fraction of sp³-hybridized carbons (Fsp3) is 0.125. The second-order valence-corrected chi connectivity index (χ2v) is 5.64. The number of nitriles is 1. The van der Waals surface area contributed by atoms with Gasteiger partial charge >= 0.3 is 0 Å². The number of benzene rings is 2. The number of nitrogens with one attached hydrogen (secondary N) is 1. The van der Waals surface area contributed by atoms with Crippen molar-refractivity contribution in [3.63, 3.8) is 0 Å². The van der Waals surface area contributed by atoms with Crippen molar-refractivity contribution in [2.24, 2.45) is 0 Å². The van der Waals surface area contributed by atoms with Gasteiger partial charge in [0, 0.05) is 0 Å². The van der Waals surface area contributed by atoms with E-state index in [0.29, 0.717) is 0 Å². The Morgan fingerprint density at radius 2 is 2.00 bits per heavy atom. The summed E-state index contributed by atoms with van der Waals surface area (Å²) in [5.41, 5.74) is 3.13. The van der Waals surface area contributed by atoms with Crippen LogP contribution in [0.25, 0.3) is 10.2 Å². The van der Waals surface area contributed by atoms with Gasteiger partial charge in [-0.15, -0.1) is 0 Å². The van der Waals surface area contributed by atoms with Crippen LogP contribution in [0.4, 0.5) is 5.13 Å². The van der Waals surface area contributed by atoms with E-state index in [1.807, 2.05) is 42.5 Å². The van der Waals surface area contributed by atoms with Crippen LogP contribution in [0.2, 0.25) is 0 Å². The van der Waals surface area contributed by atoms with Gasteiger partial charge in [0.1, 0.15) is 6.04 Å². The Balaban J connectivity index is 1.90. The molecule has 20 heavy (non-hydrogen) atoms. The lowest BCUT2D eigenvalue weighted by Crippen LogP contribution is -2.07. The summed E-state index contributed by atoms with van der Waals surface area (Å²) in [6, 6.07) is 17.8. The first-order chi connectivity index (χ1) is 9.76. The highest BCUT2D eigenvalue weighted by Crippen LogP contribution is 2.29. The summed E-state index contributed by atoms with van der Waals surface area (Å²) in [5, 5.41) is 13.3. The molecule has 2 aromatic carbocycles. The molecule has 1 aromatic heterocycles. The minimum absolute atomic E-state index is 0.377. The van der Waals surface area contributed by atoms with Gasteiger partial charge in [-0.05, 0) is 30.2 Å². The quantitative estimate of drug-likeness (QED) is 0.778. The van der Waals surface area contributed by atoms with Crippen LogP contribution < -0.4 is 5.32 Å². The molecule has 98 valence electrons. The van der Waals surface area contributed by atoms with E-state index in [1.165, 1.54) is 5.56 Å². The molecule has 0 saturated carbocycles. The number of aryl methyl sites for hydroxylation is 1. The maximum absolute atomic E-state index is 9.32. The molecule has 0 saturated heterocycles. The SMILES string of the molecule is Cc1ccc2nc(N[C@H](C#N)c3ccccc3)sc2c1. The van der Waals surface area contributed by atoms with Gasteiger partial charge in [-0.2, -0.15) is 5.26 Å². The van der Waals surface area contributed by atoms with Crippen LogP contribution in [-0.2, 0) is 0 Å². The molecule has 1 heterocycles. The molecule has 1 N–H and O–H groups in total. The highest BCUT2D eigenvalue weighted by molar-refractivity contribution is 7.22. The number of hydrogen-bond acceptors (Lipinski definition) is 4. The first-order valence-corrected chi connectivity index (χ1v) is 7.16. The van der Waals surface area contributed by atoms with Crippen molar-refractivity contribution >= 4 is 26.7 Å². The van der Waals surface area contributed by atoms with Crippen LogP contribution in [0.15, 0.2) is 48.5 Å². The molecule has 0 radical (unpaired) electrons. The van der Waals surface area contributed by atoms with Crippen molar-refractivity contribution in [1.29, 1.82) is 5.26 Å². The number of hydrogen-bond donors (Lipinski definition) is 1. The van der Waals surface area contributed by atoms with Gasteiger partial charge in [0.2, 0.25) is 0 Å². The van der Waals surface area contributed by atoms with Crippen LogP contribution in [0.3, 0.4) is 0 Å². The molecule has 0 aliphatic carbocycles. The Kier molecular flexibility index (Phi) is 3.36. The van der Waals surface area contributed by atoms with Gasteiger partial charge in [-0.25, -0.2) is 4.98 Å². The smallest absolute Gasteiger partial charge is 0.185 e. The summed E-state index contributed by atoms with van der Waals surface area (Å²) in [4.78, 5) is 4.52. The van der Waals surface area contributed by atoms with Gasteiger partial charge in [0.25, 0.3) is 0 Å². The lowest BCUT2D eigenvalue weighted by Gasteiger charge is -2.09. The third kappa shape index (κ3) is 2.49. The van der Waals surface area contributed by atoms with Crippen LogP contribution in [0.1, 0.15) is 17.2 Å². The molecule has 0 unspecified atom stereocenters. The molecule has 3 aromatic rings. The number of rotatable bonds is 3. The molecule has 3 rings (SSSR count). The van der Waals surface area contributed by atoms with Gasteiger partial charge in [0.15, 0.2) is 5.13 Å². The zero-order chi connectivity index (χ0) is 13.9. The topological polar surface area (TPSA) is 48.7 Å². The van der Waals surface area contributed by atoms with Gasteiger partial charge < -0.3 is 5.32 Å². The van der Waals surface area contributed by atoms with E-state index in [0.717, 1.165) is 20.9 Å². The van der Waals surface area contributed by atoms with Crippen LogP contribution >= 0.6 is 11.3 Å². The third-order valence-corrected chi connectivity index (χ3v) is 4.02. The lowest BCUT2D eigenvalue weighted by atomic mass is 10.1. The van der Waals surface area contributed by atoms with Crippen molar-refractivity contribution in [3.8, 4) is 6.07 Å². The normalized spacial score (nSPS) is 12.0. The van der Waals surface area contributed by atoms with Crippen molar-refractivity contribution in [3.05, 3.63) is 59.7 Å². The molecule has 0 aliphatic heterocycles. The summed E-state index contributed by atoms with van der Waals surface area (Å²) in [7, 11) is 0. The predicted molar refractivity (Wildman–Crippen MR) is 82.8 cm³/mol. The third-order valence-electron chi connectivity index (χ3n) is 3.07. The first kappa shape index (κ1) is 12.6. The van der Waals surface area contributed by atoms with Crippen molar-refractivity contribution < 1.29 is 0 Å². The summed E-state index contributed by atoms with van der Waals surface area (Å²) in [6.07, 6.45) is 0. The molecule has 0 spiro atoms. The molecule has 0 bridgehead atoms. The van der Waals surface area contributed by atoms with E-state index in [4.69, 9.17) is 0 Å². The monoisotopic (exact) mass is 279 g/mol. The van der Waals surface area contributed by atoms with E-state index < -0.39 is 0 Å². The number of aromatic nitrogens is 1. The zero-order valence-electron chi connectivity index (χ0n) is 11.0. The second-order valence-electron chi connectivity index (χ2n) is 4.61. The number of fused-ring (bicyclic) bond motifs is 1. The van der Waals surface area contributed by atoms with E-state index >= 15 is 0 Å². The maximum Gasteiger partial charge on any atom is 0.185 e. The Morgan fingerprint density at radius 1 is 1.20 bits per heavy atom. The Hall–Kier alpha value is -2.38. The van der Waals surface area contributed by atoms with Crippen LogP contribution in [0, 0.1) is 18.3 Å². The average Bonchev–Trinajstić information content (AvgIpc) is 2.87. The number of nitrogens with zero attached hydrogens (tertiary/aromatic N) is 2. The molecule has 1 atom stereocenters. The Labute approximate surface area is 121 Å². The summed E-state index contributed by atoms with van der Waals surface area (Å²) >= 11 is 1.58. The van der Waals surface area contributed by atoms with Crippen molar-refractivity contribution in [2.75, 3.05) is 5.32 Å². The Bertz CT molecular complexity index is 771. The number of thiazole rings is 1. The van der Waals surface area contributed by atoms with Gasteiger partial charge in [-0.3, -0.25) is 0 Å². The molecular formula is C16H13N3S. The first-order valence-electron chi connectivity index (χ1n) is 6.34. The van der Waals surface area contributed by atoms with E-state index in [1.54, 1.807) is 11.3 Å². The maximum atomic E-state index is 9.32. The molecule has 3 nitrogen and oxygen atoms in total. The van der Waals surface area contributed by atoms with E-state index in [9.17, 15) is 5.26 Å². The van der Waals surface area contributed by atoms with Crippen molar-refractivity contribution in [2.45, 2.75) is 13.0 Å². The fourth-order valence-corrected chi connectivity index (χ4v) is 3.04. The highest BCUT2D eigenvalue weighted by Gasteiger charge is 2.12. The van der Waals surface area contributed by atoms with Crippen molar-refractivity contribution in [1.82, 2.24) is 4.98 Å². The standard InChI is InChI=1S/C16H13N3S/c1-11-7-8-13-15(9-11)20-16(18-13)19-14(10-17)12-5-3-2-4-6-12/h2-9,14H,1H3,(H,18,19)/t14-/m1/s1. The zero-order valence-corrected chi connectivity index (χ0v) is 11.8. The van der Waals surface area contributed by atoms with Gasteiger partial charge in [-0.1, -0.05) is 47.7 Å². The molecule has 0 amide bonds. The lowest BCUT2D eigenvalue weighted by molar-refractivity contribution is 0.994. The number of anilines is 1. The summed E-state index contributed by atoms with van der Waals surface area (Å²) < 4.78 is 1.14. The molecule has 0 aliphatic rings.